The standard InChI is InChI=1S/C12H25FO2Si/c1-10(2,3)16(5,6)15-9-11(4)7-12(11,13)8-14/h14H,7-9H2,1-6H3/t11-,12+/m1/s1. The fourth-order valence-electron chi connectivity index (χ4n) is 1.56. The molecule has 0 heterocycles. The Morgan fingerprint density at radius 3 is 2.19 bits per heavy atom. The summed E-state index contributed by atoms with van der Waals surface area (Å²) in [5, 5.41) is 9.12. The van der Waals surface area contributed by atoms with Crippen molar-refractivity contribution in [2.75, 3.05) is 13.2 Å². The van der Waals surface area contributed by atoms with Crippen molar-refractivity contribution in [3.8, 4) is 0 Å². The van der Waals surface area contributed by atoms with Gasteiger partial charge in [0, 0.05) is 12.0 Å². The summed E-state index contributed by atoms with van der Waals surface area (Å²) >= 11 is 0. The van der Waals surface area contributed by atoms with E-state index in [0.29, 0.717) is 13.0 Å². The van der Waals surface area contributed by atoms with Crippen molar-refractivity contribution in [1.82, 2.24) is 0 Å². The van der Waals surface area contributed by atoms with E-state index in [4.69, 9.17) is 9.53 Å². The Morgan fingerprint density at radius 1 is 1.38 bits per heavy atom. The Morgan fingerprint density at radius 2 is 1.88 bits per heavy atom. The molecule has 1 N–H and O–H groups in total. The molecule has 1 aliphatic rings. The third-order valence-electron chi connectivity index (χ3n) is 4.44. The van der Waals surface area contributed by atoms with Crippen LogP contribution in [-0.2, 0) is 4.43 Å². The van der Waals surface area contributed by atoms with Crippen LogP contribution in [0.5, 0.6) is 0 Å². The minimum absolute atomic E-state index is 0.149. The molecule has 0 aromatic rings. The molecule has 0 saturated heterocycles. The van der Waals surface area contributed by atoms with Crippen molar-refractivity contribution in [3.63, 3.8) is 0 Å². The molecular weight excluding hydrogens is 223 g/mol. The highest BCUT2D eigenvalue weighted by Gasteiger charge is 2.66. The van der Waals surface area contributed by atoms with Gasteiger partial charge in [0.05, 0.1) is 6.61 Å². The zero-order valence-corrected chi connectivity index (χ0v) is 12.4. The average molecular weight is 248 g/mol. The largest absolute Gasteiger partial charge is 0.416 e. The molecule has 0 aliphatic heterocycles. The summed E-state index contributed by atoms with van der Waals surface area (Å²) in [5.74, 6) is 0. The van der Waals surface area contributed by atoms with Crippen molar-refractivity contribution < 1.29 is 13.9 Å². The molecule has 0 amide bonds. The Labute approximate surface area is 99.3 Å². The summed E-state index contributed by atoms with van der Waals surface area (Å²) in [6.45, 7) is 12.7. The smallest absolute Gasteiger partial charge is 0.192 e. The topological polar surface area (TPSA) is 29.5 Å². The van der Waals surface area contributed by atoms with Gasteiger partial charge in [-0.1, -0.05) is 27.7 Å². The van der Waals surface area contributed by atoms with Gasteiger partial charge >= 0.3 is 0 Å². The van der Waals surface area contributed by atoms with Crippen molar-refractivity contribution in [3.05, 3.63) is 0 Å². The second kappa shape index (κ2) is 3.78. The summed E-state index contributed by atoms with van der Waals surface area (Å²) in [6, 6.07) is 0. The van der Waals surface area contributed by atoms with Crippen LogP contribution in [0.2, 0.25) is 18.1 Å². The van der Waals surface area contributed by atoms with Crippen molar-refractivity contribution in [1.29, 1.82) is 0 Å². The van der Waals surface area contributed by atoms with Gasteiger partial charge in [-0.05, 0) is 24.6 Å². The Hall–Kier alpha value is 0.0669. The summed E-state index contributed by atoms with van der Waals surface area (Å²) in [6.07, 6.45) is 0.422. The van der Waals surface area contributed by atoms with Crippen LogP contribution in [0.15, 0.2) is 0 Å². The summed E-state index contributed by atoms with van der Waals surface area (Å²) < 4.78 is 19.8. The number of aliphatic hydroxyl groups is 1. The van der Waals surface area contributed by atoms with Crippen molar-refractivity contribution >= 4 is 8.32 Å². The van der Waals surface area contributed by atoms with Crippen LogP contribution < -0.4 is 0 Å². The molecule has 16 heavy (non-hydrogen) atoms. The molecule has 0 radical (unpaired) electrons. The second-order valence-corrected chi connectivity index (χ2v) is 11.7. The maximum absolute atomic E-state index is 13.8. The number of hydrogen-bond donors (Lipinski definition) is 1. The quantitative estimate of drug-likeness (QED) is 0.775. The summed E-state index contributed by atoms with van der Waals surface area (Å²) in [7, 11) is -1.80. The molecular formula is C12H25FO2Si. The molecule has 1 rings (SSSR count). The van der Waals surface area contributed by atoms with Gasteiger partial charge in [0.2, 0.25) is 0 Å². The molecule has 0 spiro atoms. The van der Waals surface area contributed by atoms with Gasteiger partial charge in [-0.3, -0.25) is 0 Å². The van der Waals surface area contributed by atoms with E-state index in [1.165, 1.54) is 0 Å². The highest BCUT2D eigenvalue weighted by molar-refractivity contribution is 6.74. The predicted molar refractivity (Wildman–Crippen MR) is 66.8 cm³/mol. The number of hydrogen-bond acceptors (Lipinski definition) is 2. The fraction of sp³-hybridized carbons (Fsp3) is 1.00. The Bertz CT molecular complexity index is 275. The van der Waals surface area contributed by atoms with Crippen LogP contribution in [-0.4, -0.2) is 32.3 Å². The van der Waals surface area contributed by atoms with E-state index in [1.54, 1.807) is 0 Å². The lowest BCUT2D eigenvalue weighted by Gasteiger charge is -2.37. The third-order valence-corrected chi connectivity index (χ3v) is 8.91. The van der Waals surface area contributed by atoms with Crippen molar-refractivity contribution in [2.45, 2.75) is 57.9 Å². The lowest BCUT2D eigenvalue weighted by molar-refractivity contribution is 0.0959. The molecule has 0 aromatic carbocycles. The van der Waals surface area contributed by atoms with Gasteiger partial charge < -0.3 is 9.53 Å². The molecule has 0 unspecified atom stereocenters. The minimum Gasteiger partial charge on any atom is -0.416 e. The first kappa shape index (κ1) is 14.1. The van der Waals surface area contributed by atoms with E-state index < -0.39 is 19.4 Å². The van der Waals surface area contributed by atoms with E-state index >= 15 is 0 Å². The fourth-order valence-corrected chi connectivity index (χ4v) is 2.67. The van der Waals surface area contributed by atoms with Gasteiger partial charge in [-0.25, -0.2) is 4.39 Å². The molecule has 1 fully saturated rings. The average Bonchev–Trinajstić information content (AvgIpc) is 2.66. The first-order valence-electron chi connectivity index (χ1n) is 5.91. The van der Waals surface area contributed by atoms with Crippen molar-refractivity contribution in [2.24, 2.45) is 5.41 Å². The van der Waals surface area contributed by atoms with E-state index in [2.05, 4.69) is 33.9 Å². The Kier molecular flexibility index (Phi) is 3.34. The van der Waals surface area contributed by atoms with E-state index in [0.717, 1.165) is 0 Å². The van der Waals surface area contributed by atoms with Gasteiger partial charge in [-0.2, -0.15) is 0 Å². The Balaban J connectivity index is 2.55. The predicted octanol–water partition coefficient (Wildman–Crippen LogP) is 3.12. The number of halogens is 1. The van der Waals surface area contributed by atoms with Gasteiger partial charge in [-0.15, -0.1) is 0 Å². The summed E-state index contributed by atoms with van der Waals surface area (Å²) in [5.41, 5.74) is -1.88. The van der Waals surface area contributed by atoms with Crippen LogP contribution in [0.4, 0.5) is 4.39 Å². The molecule has 4 heteroatoms. The van der Waals surface area contributed by atoms with Crippen LogP contribution in [0.25, 0.3) is 0 Å². The molecule has 2 nitrogen and oxygen atoms in total. The highest BCUT2D eigenvalue weighted by Crippen LogP contribution is 2.59. The maximum Gasteiger partial charge on any atom is 0.192 e. The normalized spacial score (nSPS) is 35.2. The second-order valence-electron chi connectivity index (χ2n) is 6.91. The molecule has 0 bridgehead atoms. The van der Waals surface area contributed by atoms with Crippen LogP contribution in [0, 0.1) is 5.41 Å². The number of rotatable bonds is 4. The molecule has 1 saturated carbocycles. The first-order valence-corrected chi connectivity index (χ1v) is 8.82. The zero-order valence-electron chi connectivity index (χ0n) is 11.4. The van der Waals surface area contributed by atoms with E-state index in [-0.39, 0.29) is 11.6 Å². The lowest BCUT2D eigenvalue weighted by atomic mass is 10.1. The molecule has 1 aliphatic carbocycles. The lowest BCUT2D eigenvalue weighted by Crippen LogP contribution is -2.42. The molecule has 96 valence electrons. The van der Waals surface area contributed by atoms with Gasteiger partial charge in [0.15, 0.2) is 8.32 Å². The van der Waals surface area contributed by atoms with E-state index in [1.807, 2.05) is 6.92 Å². The minimum atomic E-state index is -1.80. The monoisotopic (exact) mass is 248 g/mol. The van der Waals surface area contributed by atoms with Crippen LogP contribution in [0.1, 0.15) is 34.1 Å². The van der Waals surface area contributed by atoms with Crippen LogP contribution >= 0.6 is 0 Å². The third kappa shape index (κ3) is 2.34. The molecule has 2 atom stereocenters. The summed E-state index contributed by atoms with van der Waals surface area (Å²) in [4.78, 5) is 0. The van der Waals surface area contributed by atoms with Gasteiger partial charge in [0.25, 0.3) is 0 Å². The highest BCUT2D eigenvalue weighted by atomic mass is 28.4. The van der Waals surface area contributed by atoms with E-state index in [9.17, 15) is 4.39 Å². The molecule has 0 aromatic heterocycles. The SMILES string of the molecule is CC(C)(C)[Si](C)(C)OC[C@@]1(C)C[C@]1(F)CO. The van der Waals surface area contributed by atoms with Crippen LogP contribution in [0.3, 0.4) is 0 Å². The van der Waals surface area contributed by atoms with Gasteiger partial charge in [0.1, 0.15) is 5.67 Å². The zero-order chi connectivity index (χ0) is 12.8. The number of alkyl halides is 1. The number of aliphatic hydroxyl groups excluding tert-OH is 1. The maximum atomic E-state index is 13.8. The first-order chi connectivity index (χ1) is 6.97.